The highest BCUT2D eigenvalue weighted by Crippen LogP contribution is 2.22. The number of carbonyl (C=O) groups is 1. The molecular weight excluding hydrogens is 390 g/mol. The Bertz CT molecular complexity index is 865. The Morgan fingerprint density at radius 1 is 1.11 bits per heavy atom. The predicted molar refractivity (Wildman–Crippen MR) is 102 cm³/mol. The zero-order valence-corrected chi connectivity index (χ0v) is 16.6. The summed E-state index contributed by atoms with van der Waals surface area (Å²) in [6.07, 6.45) is 1.66. The molecule has 1 saturated heterocycles. The van der Waals surface area contributed by atoms with Crippen LogP contribution in [0.5, 0.6) is 0 Å². The van der Waals surface area contributed by atoms with Gasteiger partial charge in [0.2, 0.25) is 14.1 Å². The van der Waals surface area contributed by atoms with Crippen molar-refractivity contribution >= 4 is 42.9 Å². The average molecular weight is 409 g/mol. The number of urea groups is 1. The van der Waals surface area contributed by atoms with Crippen LogP contribution >= 0.6 is 11.3 Å². The summed E-state index contributed by atoms with van der Waals surface area (Å²) < 4.78 is 28.6. The molecule has 0 saturated carbocycles. The molecule has 1 aromatic carbocycles. The summed E-state index contributed by atoms with van der Waals surface area (Å²) in [5, 5.41) is 14.7. The number of rotatable bonds is 2. The van der Waals surface area contributed by atoms with Gasteiger partial charge in [-0.3, -0.25) is 0 Å². The number of hydrogen-bond donors (Lipinski definition) is 0. The molecule has 1 aromatic heterocycles. The van der Waals surface area contributed by atoms with Gasteiger partial charge in [-0.1, -0.05) is 11.3 Å². The second-order valence-electron chi connectivity index (χ2n) is 6.46. The number of anilines is 1. The second kappa shape index (κ2) is 7.31. The average Bonchev–Trinajstić information content (AvgIpc) is 3.29. The van der Waals surface area contributed by atoms with Crippen molar-refractivity contribution in [1.82, 2.24) is 19.8 Å². The number of hydrogen-bond acceptors (Lipinski definition) is 6. The van der Waals surface area contributed by atoms with E-state index in [2.05, 4.69) is 20.2 Å². The number of hydrazone groups is 1. The Morgan fingerprint density at radius 3 is 2.44 bits per heavy atom. The minimum atomic E-state index is -2.11. The SMILES string of the molecule is Cc1nnc(N2CCN(C(=O)N3N=CC[Si@H]3c3cc(F)cc(F)c3)CC2)s1. The fourth-order valence-corrected chi connectivity index (χ4v) is 6.47. The van der Waals surface area contributed by atoms with E-state index >= 15 is 0 Å². The zero-order chi connectivity index (χ0) is 19.0. The molecule has 27 heavy (non-hydrogen) atoms. The van der Waals surface area contributed by atoms with E-state index in [-0.39, 0.29) is 6.03 Å². The van der Waals surface area contributed by atoms with Gasteiger partial charge in [-0.25, -0.2) is 18.2 Å². The standard InChI is InChI=1S/C16H18F2N6OSSi/c1-11-20-21-15(26-11)22-3-5-23(6-4-22)16(25)24-19-2-7-27(24)14-9-12(17)8-13(18)10-14/h2,8-10,27H,3-7H2,1H3/t27-/m0/s1. The smallest absolute Gasteiger partial charge is 0.332 e. The lowest BCUT2D eigenvalue weighted by atomic mass is 10.3. The van der Waals surface area contributed by atoms with Gasteiger partial charge in [0, 0.05) is 44.5 Å². The largest absolute Gasteiger partial charge is 0.343 e. The highest BCUT2D eigenvalue weighted by Gasteiger charge is 2.35. The minimum Gasteiger partial charge on any atom is -0.343 e. The number of aryl methyl sites for hydroxylation is 1. The van der Waals surface area contributed by atoms with Crippen LogP contribution in [0, 0.1) is 18.6 Å². The van der Waals surface area contributed by atoms with Gasteiger partial charge < -0.3 is 9.80 Å². The molecule has 0 radical (unpaired) electrons. The van der Waals surface area contributed by atoms with Crippen molar-refractivity contribution in [1.29, 1.82) is 0 Å². The number of benzene rings is 1. The van der Waals surface area contributed by atoms with Gasteiger partial charge in [-0.05, 0) is 24.2 Å². The number of piperazine rings is 1. The Hall–Kier alpha value is -2.40. The van der Waals surface area contributed by atoms with Gasteiger partial charge in [-0.2, -0.15) is 5.10 Å². The summed E-state index contributed by atoms with van der Waals surface area (Å²) in [5.74, 6) is -1.25. The van der Waals surface area contributed by atoms with Crippen LogP contribution in [0.1, 0.15) is 5.01 Å². The highest BCUT2D eigenvalue weighted by atomic mass is 32.1. The first-order chi connectivity index (χ1) is 13.0. The normalized spacial score (nSPS) is 19.8. The van der Waals surface area contributed by atoms with Crippen LogP contribution in [0.25, 0.3) is 0 Å². The first-order valence-electron chi connectivity index (χ1n) is 8.63. The van der Waals surface area contributed by atoms with Crippen molar-refractivity contribution in [3.8, 4) is 0 Å². The summed E-state index contributed by atoms with van der Waals surface area (Å²) >= 11 is 1.53. The Balaban J connectivity index is 1.44. The lowest BCUT2D eigenvalue weighted by Crippen LogP contribution is -2.56. The van der Waals surface area contributed by atoms with Crippen LogP contribution in [0.2, 0.25) is 6.04 Å². The zero-order valence-electron chi connectivity index (χ0n) is 14.7. The fourth-order valence-electron chi connectivity index (χ4n) is 3.29. The monoisotopic (exact) mass is 408 g/mol. The molecule has 2 aliphatic rings. The molecule has 0 aliphatic carbocycles. The number of halogens is 2. The molecule has 4 rings (SSSR count). The van der Waals surface area contributed by atoms with E-state index in [0.29, 0.717) is 37.4 Å². The second-order valence-corrected chi connectivity index (χ2v) is 10.3. The maximum Gasteiger partial charge on any atom is 0.332 e. The lowest BCUT2D eigenvalue weighted by Gasteiger charge is -2.36. The molecule has 142 valence electrons. The molecule has 0 N–H and O–H groups in total. The molecule has 0 spiro atoms. The van der Waals surface area contributed by atoms with Gasteiger partial charge in [0.05, 0.1) is 0 Å². The highest BCUT2D eigenvalue weighted by molar-refractivity contribution is 7.15. The minimum absolute atomic E-state index is 0.196. The quantitative estimate of drug-likeness (QED) is 0.703. The summed E-state index contributed by atoms with van der Waals surface area (Å²) in [5.41, 5.74) is 0. The van der Waals surface area contributed by atoms with Gasteiger partial charge in [0.15, 0.2) is 0 Å². The molecule has 0 bridgehead atoms. The first-order valence-corrected chi connectivity index (χ1v) is 11.4. The van der Waals surface area contributed by atoms with Crippen molar-refractivity contribution in [3.05, 3.63) is 34.8 Å². The maximum atomic E-state index is 13.6. The molecule has 1 fully saturated rings. The summed E-state index contributed by atoms with van der Waals surface area (Å²) in [6, 6.07) is 3.83. The fraction of sp³-hybridized carbons (Fsp3) is 0.375. The molecule has 2 amide bonds. The van der Waals surface area contributed by atoms with Crippen molar-refractivity contribution in [2.75, 3.05) is 31.1 Å². The molecular formula is C16H18F2N6OSSi. The van der Waals surface area contributed by atoms with Crippen LogP contribution in [-0.2, 0) is 0 Å². The van der Waals surface area contributed by atoms with Crippen LogP contribution in [0.3, 0.4) is 0 Å². The third kappa shape index (κ3) is 3.69. The van der Waals surface area contributed by atoms with Crippen molar-refractivity contribution in [3.63, 3.8) is 0 Å². The van der Waals surface area contributed by atoms with Crippen molar-refractivity contribution < 1.29 is 13.6 Å². The molecule has 0 unspecified atom stereocenters. The van der Waals surface area contributed by atoms with E-state index in [1.807, 2.05) is 6.92 Å². The Labute approximate surface area is 160 Å². The van der Waals surface area contributed by atoms with Crippen molar-refractivity contribution in [2.24, 2.45) is 5.10 Å². The van der Waals surface area contributed by atoms with Gasteiger partial charge in [0.1, 0.15) is 16.6 Å². The summed E-state index contributed by atoms with van der Waals surface area (Å²) in [7, 11) is -2.11. The molecule has 11 heteroatoms. The number of nitrogens with zero attached hydrogens (tertiary/aromatic N) is 6. The van der Waals surface area contributed by atoms with Crippen LogP contribution in [0.15, 0.2) is 23.3 Å². The Morgan fingerprint density at radius 2 is 1.81 bits per heavy atom. The third-order valence-corrected chi connectivity index (χ3v) is 8.24. The van der Waals surface area contributed by atoms with Crippen LogP contribution in [0.4, 0.5) is 18.7 Å². The molecule has 2 aliphatic heterocycles. The number of aromatic nitrogens is 2. The van der Waals surface area contributed by atoms with E-state index in [4.69, 9.17) is 0 Å². The van der Waals surface area contributed by atoms with E-state index in [1.54, 1.807) is 11.1 Å². The van der Waals surface area contributed by atoms with E-state index < -0.39 is 20.6 Å². The summed E-state index contributed by atoms with van der Waals surface area (Å²) in [4.78, 5) is 16.8. The van der Waals surface area contributed by atoms with Crippen molar-refractivity contribution in [2.45, 2.75) is 13.0 Å². The summed E-state index contributed by atoms with van der Waals surface area (Å²) in [6.45, 7) is 4.33. The van der Waals surface area contributed by atoms with E-state index in [0.717, 1.165) is 16.2 Å². The first kappa shape index (κ1) is 18.0. The molecule has 2 aromatic rings. The van der Waals surface area contributed by atoms with Gasteiger partial charge in [0.25, 0.3) is 0 Å². The predicted octanol–water partition coefficient (Wildman–Crippen LogP) is 1.30. The number of amides is 2. The number of carbonyl (C=O) groups excluding carboxylic acids is 1. The topological polar surface area (TPSA) is 64.9 Å². The van der Waals surface area contributed by atoms with Crippen LogP contribution < -0.4 is 10.1 Å². The van der Waals surface area contributed by atoms with Gasteiger partial charge >= 0.3 is 6.03 Å². The Kier molecular flexibility index (Phi) is 4.87. The lowest BCUT2D eigenvalue weighted by molar-refractivity contribution is 0.175. The molecule has 1 atom stereocenters. The van der Waals surface area contributed by atoms with E-state index in [9.17, 15) is 13.6 Å². The van der Waals surface area contributed by atoms with E-state index in [1.165, 1.54) is 28.1 Å². The third-order valence-electron chi connectivity index (χ3n) is 4.63. The van der Waals surface area contributed by atoms with Gasteiger partial charge in [-0.15, -0.1) is 10.2 Å². The molecule has 7 nitrogen and oxygen atoms in total. The molecule has 3 heterocycles. The maximum absolute atomic E-state index is 13.6. The van der Waals surface area contributed by atoms with Crippen LogP contribution in [-0.4, -0.2) is 67.2 Å².